The van der Waals surface area contributed by atoms with Crippen LogP contribution in [0.4, 0.5) is 0 Å². The summed E-state index contributed by atoms with van der Waals surface area (Å²) in [4.78, 5) is 22.3. The molecule has 3 N–H and O–H groups in total. The van der Waals surface area contributed by atoms with E-state index in [-0.39, 0.29) is 5.69 Å². The number of aromatic nitrogens is 3. The van der Waals surface area contributed by atoms with Crippen molar-refractivity contribution in [3.8, 4) is 0 Å². The van der Waals surface area contributed by atoms with E-state index in [1.807, 2.05) is 6.26 Å². The summed E-state index contributed by atoms with van der Waals surface area (Å²) in [5, 5.41) is 20.6. The molecular weight excluding hydrogens is 232 g/mol. The van der Waals surface area contributed by atoms with Crippen LogP contribution in [0.1, 0.15) is 16.9 Å². The summed E-state index contributed by atoms with van der Waals surface area (Å²) in [7, 11) is 0. The first-order valence-corrected chi connectivity index (χ1v) is 5.93. The number of carboxylic acids is 1. The molecule has 0 aliphatic heterocycles. The molecule has 0 bridgehead atoms. The topological polar surface area (TPSA) is 108 Å². The lowest BCUT2D eigenvalue weighted by Gasteiger charge is -2.12. The Morgan fingerprint density at radius 3 is 2.94 bits per heavy atom. The fourth-order valence-electron chi connectivity index (χ4n) is 1.04. The van der Waals surface area contributed by atoms with E-state index in [9.17, 15) is 9.59 Å². The third-order valence-corrected chi connectivity index (χ3v) is 2.51. The second-order valence-corrected chi connectivity index (χ2v) is 3.99. The molecule has 0 aliphatic rings. The third-order valence-electron chi connectivity index (χ3n) is 1.86. The summed E-state index contributed by atoms with van der Waals surface area (Å²) in [6.45, 7) is 0. The summed E-state index contributed by atoms with van der Waals surface area (Å²) in [6.07, 6.45) is 3.49. The molecule has 88 valence electrons. The number of nitrogens with zero attached hydrogens (tertiary/aromatic N) is 2. The number of carbonyl (C=O) groups excluding carboxylic acids is 1. The maximum absolute atomic E-state index is 11.5. The van der Waals surface area contributed by atoms with Crippen LogP contribution in [0.2, 0.25) is 0 Å². The predicted octanol–water partition coefficient (Wildman–Crippen LogP) is -0.259. The van der Waals surface area contributed by atoms with Crippen molar-refractivity contribution in [1.82, 2.24) is 20.7 Å². The standard InChI is InChI=1S/C8H12N4O3S/c1-16-3-2-5(8(14)15)10-7(13)6-4-9-12-11-6/h4-5H,2-3H2,1H3,(H,10,13)(H,14,15)(H,9,11,12)/t5-/m0/s1. The van der Waals surface area contributed by atoms with Crippen molar-refractivity contribution < 1.29 is 14.7 Å². The van der Waals surface area contributed by atoms with E-state index < -0.39 is 17.9 Å². The summed E-state index contributed by atoms with van der Waals surface area (Å²) >= 11 is 1.52. The van der Waals surface area contributed by atoms with Gasteiger partial charge in [0.15, 0.2) is 5.69 Å². The maximum atomic E-state index is 11.5. The first kappa shape index (κ1) is 12.5. The van der Waals surface area contributed by atoms with Gasteiger partial charge in [-0.2, -0.15) is 27.2 Å². The maximum Gasteiger partial charge on any atom is 0.326 e. The Bertz CT molecular complexity index is 354. The number of thioether (sulfide) groups is 1. The molecule has 1 rings (SSSR count). The zero-order chi connectivity index (χ0) is 12.0. The molecule has 0 saturated heterocycles. The number of carboxylic acid groups (broad SMARTS) is 1. The minimum absolute atomic E-state index is 0.0791. The number of nitrogens with one attached hydrogen (secondary N) is 2. The number of carbonyl (C=O) groups is 2. The van der Waals surface area contributed by atoms with E-state index in [2.05, 4.69) is 20.7 Å². The normalized spacial score (nSPS) is 12.1. The first-order chi connectivity index (χ1) is 7.65. The fraction of sp³-hybridized carbons (Fsp3) is 0.500. The molecule has 1 aromatic rings. The molecule has 1 amide bonds. The number of rotatable bonds is 6. The molecule has 0 spiro atoms. The summed E-state index contributed by atoms with van der Waals surface area (Å²) < 4.78 is 0. The SMILES string of the molecule is CSCC[C@H](NC(=O)c1cn[nH]n1)C(=O)O. The van der Waals surface area contributed by atoms with Crippen molar-refractivity contribution in [2.24, 2.45) is 0 Å². The van der Waals surface area contributed by atoms with Crippen LogP contribution < -0.4 is 5.32 Å². The van der Waals surface area contributed by atoms with E-state index in [0.29, 0.717) is 12.2 Å². The second kappa shape index (κ2) is 6.11. The molecule has 16 heavy (non-hydrogen) atoms. The average molecular weight is 244 g/mol. The lowest BCUT2D eigenvalue weighted by molar-refractivity contribution is -0.139. The molecule has 0 unspecified atom stereocenters. The van der Waals surface area contributed by atoms with Crippen LogP contribution in [0.25, 0.3) is 0 Å². The van der Waals surface area contributed by atoms with Gasteiger partial charge in [0.05, 0.1) is 6.20 Å². The third kappa shape index (κ3) is 3.54. The van der Waals surface area contributed by atoms with Crippen molar-refractivity contribution >= 4 is 23.6 Å². The van der Waals surface area contributed by atoms with Crippen LogP contribution in [0.5, 0.6) is 0 Å². The van der Waals surface area contributed by atoms with Crippen molar-refractivity contribution in [2.45, 2.75) is 12.5 Å². The van der Waals surface area contributed by atoms with Gasteiger partial charge in [-0.3, -0.25) is 4.79 Å². The van der Waals surface area contributed by atoms with E-state index >= 15 is 0 Å². The smallest absolute Gasteiger partial charge is 0.326 e. The molecule has 0 radical (unpaired) electrons. The highest BCUT2D eigenvalue weighted by atomic mass is 32.2. The fourth-order valence-corrected chi connectivity index (χ4v) is 1.51. The zero-order valence-corrected chi connectivity index (χ0v) is 9.45. The summed E-state index contributed by atoms with van der Waals surface area (Å²) in [6, 6.07) is -0.892. The van der Waals surface area contributed by atoms with Crippen LogP contribution in [0, 0.1) is 0 Å². The Balaban J connectivity index is 2.54. The highest BCUT2D eigenvalue weighted by molar-refractivity contribution is 7.98. The van der Waals surface area contributed by atoms with Gasteiger partial charge in [-0.05, 0) is 18.4 Å². The van der Waals surface area contributed by atoms with Gasteiger partial charge >= 0.3 is 5.97 Å². The van der Waals surface area contributed by atoms with Gasteiger partial charge in [-0.15, -0.1) is 0 Å². The molecule has 0 fully saturated rings. The molecule has 8 heteroatoms. The quantitative estimate of drug-likeness (QED) is 0.636. The van der Waals surface area contributed by atoms with Crippen LogP contribution in [-0.2, 0) is 4.79 Å². The lowest BCUT2D eigenvalue weighted by Crippen LogP contribution is -2.41. The molecule has 0 aromatic carbocycles. The van der Waals surface area contributed by atoms with Crippen LogP contribution in [0.15, 0.2) is 6.20 Å². The zero-order valence-electron chi connectivity index (χ0n) is 8.64. The van der Waals surface area contributed by atoms with Crippen LogP contribution in [-0.4, -0.2) is 50.4 Å². The first-order valence-electron chi connectivity index (χ1n) is 4.53. The second-order valence-electron chi connectivity index (χ2n) is 3.00. The van der Waals surface area contributed by atoms with Gasteiger partial charge in [0, 0.05) is 0 Å². The van der Waals surface area contributed by atoms with Gasteiger partial charge in [0.25, 0.3) is 5.91 Å². The highest BCUT2D eigenvalue weighted by Gasteiger charge is 2.21. The Kier molecular flexibility index (Phi) is 4.77. The lowest BCUT2D eigenvalue weighted by atomic mass is 10.2. The van der Waals surface area contributed by atoms with Crippen molar-refractivity contribution in [1.29, 1.82) is 0 Å². The van der Waals surface area contributed by atoms with Gasteiger partial charge < -0.3 is 10.4 Å². The van der Waals surface area contributed by atoms with Gasteiger partial charge in [-0.25, -0.2) is 4.79 Å². The van der Waals surface area contributed by atoms with Gasteiger partial charge in [0.1, 0.15) is 6.04 Å². The molecule has 7 nitrogen and oxygen atoms in total. The average Bonchev–Trinajstić information content (AvgIpc) is 2.76. The highest BCUT2D eigenvalue weighted by Crippen LogP contribution is 2.02. The minimum atomic E-state index is -1.05. The number of amides is 1. The number of hydrogen-bond acceptors (Lipinski definition) is 5. The van der Waals surface area contributed by atoms with E-state index in [4.69, 9.17) is 5.11 Å². The van der Waals surface area contributed by atoms with E-state index in [1.54, 1.807) is 0 Å². The number of H-pyrrole nitrogens is 1. The largest absolute Gasteiger partial charge is 0.480 e. The van der Waals surface area contributed by atoms with Crippen molar-refractivity contribution in [2.75, 3.05) is 12.0 Å². The molecule has 1 aromatic heterocycles. The Hall–Kier alpha value is -1.57. The number of hydrogen-bond donors (Lipinski definition) is 3. The number of aliphatic carboxylic acids is 1. The molecule has 0 aliphatic carbocycles. The van der Waals surface area contributed by atoms with Gasteiger partial charge in [-0.1, -0.05) is 0 Å². The van der Waals surface area contributed by atoms with Crippen LogP contribution >= 0.6 is 11.8 Å². The van der Waals surface area contributed by atoms with Crippen molar-refractivity contribution in [3.05, 3.63) is 11.9 Å². The molecule has 1 atom stereocenters. The predicted molar refractivity (Wildman–Crippen MR) is 58.3 cm³/mol. The van der Waals surface area contributed by atoms with E-state index in [0.717, 1.165) is 0 Å². The van der Waals surface area contributed by atoms with Crippen molar-refractivity contribution in [3.63, 3.8) is 0 Å². The van der Waals surface area contributed by atoms with Gasteiger partial charge in [0.2, 0.25) is 0 Å². The monoisotopic (exact) mass is 244 g/mol. The van der Waals surface area contributed by atoms with Crippen LogP contribution in [0.3, 0.4) is 0 Å². The Morgan fingerprint density at radius 1 is 1.69 bits per heavy atom. The Morgan fingerprint density at radius 2 is 2.44 bits per heavy atom. The molecule has 1 heterocycles. The summed E-state index contributed by atoms with van der Waals surface area (Å²) in [5.41, 5.74) is 0.0791. The molecular formula is C8H12N4O3S. The Labute approximate surface area is 96.0 Å². The minimum Gasteiger partial charge on any atom is -0.480 e. The number of aromatic amines is 1. The van der Waals surface area contributed by atoms with E-state index in [1.165, 1.54) is 18.0 Å². The molecule has 0 saturated carbocycles. The summed E-state index contributed by atoms with van der Waals surface area (Å²) in [5.74, 6) is -0.927.